The summed E-state index contributed by atoms with van der Waals surface area (Å²) in [6.07, 6.45) is 4.15. The van der Waals surface area contributed by atoms with Crippen LogP contribution in [0.3, 0.4) is 0 Å². The van der Waals surface area contributed by atoms with Crippen LogP contribution in [0.25, 0.3) is 0 Å². The van der Waals surface area contributed by atoms with Gasteiger partial charge in [0, 0.05) is 52.0 Å². The normalized spacial score (nSPS) is 14.4. The number of esters is 1. The van der Waals surface area contributed by atoms with Crippen LogP contribution in [-0.2, 0) is 22.0 Å². The number of aryl methyl sites for hydroxylation is 1. The maximum absolute atomic E-state index is 13.0. The van der Waals surface area contributed by atoms with Crippen molar-refractivity contribution >= 4 is 54.0 Å². The van der Waals surface area contributed by atoms with Gasteiger partial charge in [0.15, 0.2) is 8.32 Å². The average Bonchev–Trinajstić information content (AvgIpc) is 3.62. The minimum Gasteiger partial charge on any atom is -0.465 e. The van der Waals surface area contributed by atoms with Crippen molar-refractivity contribution in [2.24, 2.45) is 0 Å². The Balaban J connectivity index is 1.47. The maximum atomic E-state index is 13.0. The van der Waals surface area contributed by atoms with Gasteiger partial charge in [0.2, 0.25) is 0 Å². The predicted molar refractivity (Wildman–Crippen MR) is 187 cm³/mol. The second kappa shape index (κ2) is 15.0. The molecular weight excluding hydrogens is 625 g/mol. The number of carbonyl (C=O) groups is 2. The summed E-state index contributed by atoms with van der Waals surface area (Å²) in [5.41, 5.74) is 3.24. The summed E-state index contributed by atoms with van der Waals surface area (Å²) in [4.78, 5) is 27.7. The monoisotopic (exact) mass is 666 g/mol. The lowest BCUT2D eigenvalue weighted by Gasteiger charge is -2.41. The van der Waals surface area contributed by atoms with Gasteiger partial charge in [0.25, 0.3) is 0 Å². The van der Waals surface area contributed by atoms with Gasteiger partial charge in [-0.05, 0) is 91.0 Å². The smallest absolute Gasteiger partial charge is 0.348 e. The zero-order valence-electron chi connectivity index (χ0n) is 26.6. The lowest BCUT2D eigenvalue weighted by molar-refractivity contribution is 0.0567. The summed E-state index contributed by atoms with van der Waals surface area (Å²) in [5.74, 6) is 6.29. The van der Waals surface area contributed by atoms with Crippen molar-refractivity contribution in [3.05, 3.63) is 90.8 Å². The van der Waals surface area contributed by atoms with Crippen LogP contribution in [0.1, 0.15) is 63.3 Å². The molecule has 1 aliphatic rings. The standard InChI is InChI=1S/C34H42N2O4S3Si/c1-25-21-28(24-42-25)12-11-26-9-8-10-27(22-26)23-29(40-44(6,7)34(2,3)4)15-17-35-19-20-41-33(38)36(35)18-16-30-13-14-31(43-30)32(37)39-5/h8-10,13-14,19-22,24,29H,15-18,23H2,1-7H3. The molecule has 0 aliphatic carbocycles. The SMILES string of the molecule is COC(=O)c1ccc(CCN2C(=O)SC=CN2CCC(Cc2cccc(C#Cc3csc(C)c3)c2)O[Si](C)(C)C(C)(C)C)s1. The lowest BCUT2D eigenvalue weighted by atomic mass is 10.0. The molecule has 0 spiro atoms. The van der Waals surface area contributed by atoms with Crippen LogP contribution in [0, 0.1) is 18.8 Å². The molecule has 3 heterocycles. The first-order valence-electron chi connectivity index (χ1n) is 14.8. The van der Waals surface area contributed by atoms with Gasteiger partial charge in [-0.1, -0.05) is 44.7 Å². The molecule has 0 saturated carbocycles. The molecule has 10 heteroatoms. The zero-order valence-corrected chi connectivity index (χ0v) is 30.1. The van der Waals surface area contributed by atoms with Crippen LogP contribution >= 0.6 is 34.4 Å². The molecule has 2 aromatic heterocycles. The van der Waals surface area contributed by atoms with Crippen LogP contribution in [0.15, 0.2) is 59.5 Å². The summed E-state index contributed by atoms with van der Waals surface area (Å²) < 4.78 is 11.8. The number of hydrogen-bond acceptors (Lipinski definition) is 8. The molecule has 4 rings (SSSR count). The third-order valence-electron chi connectivity index (χ3n) is 7.96. The number of methoxy groups -OCH3 is 1. The second-order valence-corrected chi connectivity index (χ2v) is 20.2. The number of hydrogen-bond donors (Lipinski definition) is 0. The van der Waals surface area contributed by atoms with E-state index >= 15 is 0 Å². The van der Waals surface area contributed by atoms with Crippen LogP contribution in [-0.4, -0.2) is 55.8 Å². The molecule has 0 saturated heterocycles. The Morgan fingerprint density at radius 2 is 1.84 bits per heavy atom. The van der Waals surface area contributed by atoms with Crippen molar-refractivity contribution in [1.29, 1.82) is 0 Å². The van der Waals surface area contributed by atoms with Crippen LogP contribution < -0.4 is 0 Å². The van der Waals surface area contributed by atoms with E-state index in [0.29, 0.717) is 24.4 Å². The predicted octanol–water partition coefficient (Wildman–Crippen LogP) is 8.73. The van der Waals surface area contributed by atoms with Crippen LogP contribution in [0.4, 0.5) is 4.79 Å². The minimum absolute atomic E-state index is 0.00814. The third kappa shape index (κ3) is 9.35. The number of benzene rings is 1. The number of nitrogens with zero attached hydrogens (tertiary/aromatic N) is 2. The molecule has 1 atom stereocenters. The summed E-state index contributed by atoms with van der Waals surface area (Å²) in [7, 11) is -0.679. The fraction of sp³-hybridized carbons (Fsp3) is 0.412. The van der Waals surface area contributed by atoms with E-state index in [9.17, 15) is 9.59 Å². The fourth-order valence-electron chi connectivity index (χ4n) is 4.52. The van der Waals surface area contributed by atoms with Crippen molar-refractivity contribution in [1.82, 2.24) is 10.0 Å². The molecule has 44 heavy (non-hydrogen) atoms. The van der Waals surface area contributed by atoms with Gasteiger partial charge < -0.3 is 9.16 Å². The van der Waals surface area contributed by atoms with Crippen molar-refractivity contribution in [2.45, 2.75) is 71.2 Å². The Hall–Kier alpha value is -2.81. The Bertz CT molecular complexity index is 1540. The zero-order chi connectivity index (χ0) is 31.9. The van der Waals surface area contributed by atoms with Gasteiger partial charge in [-0.15, -0.1) is 22.7 Å². The highest BCUT2D eigenvalue weighted by molar-refractivity contribution is 8.16. The van der Waals surface area contributed by atoms with Gasteiger partial charge in [0.05, 0.1) is 13.2 Å². The average molecular weight is 667 g/mol. The highest BCUT2D eigenvalue weighted by Crippen LogP contribution is 2.38. The van der Waals surface area contributed by atoms with Gasteiger partial charge in [-0.25, -0.2) is 9.80 Å². The molecule has 1 amide bonds. The number of carbonyl (C=O) groups excluding carboxylic acids is 2. The largest absolute Gasteiger partial charge is 0.465 e. The molecule has 1 unspecified atom stereocenters. The second-order valence-electron chi connectivity index (χ2n) is 12.4. The Morgan fingerprint density at radius 1 is 1.07 bits per heavy atom. The Morgan fingerprint density at radius 3 is 2.55 bits per heavy atom. The highest BCUT2D eigenvalue weighted by atomic mass is 32.2. The fourth-order valence-corrected chi connectivity index (χ4v) is 8.10. The molecule has 6 nitrogen and oxygen atoms in total. The van der Waals surface area contributed by atoms with Gasteiger partial charge in [-0.3, -0.25) is 9.80 Å². The molecule has 0 radical (unpaired) electrons. The third-order valence-corrected chi connectivity index (χ3v) is 15.2. The molecule has 1 aliphatic heterocycles. The van der Waals surface area contributed by atoms with Gasteiger partial charge >= 0.3 is 11.2 Å². The van der Waals surface area contributed by atoms with Crippen molar-refractivity contribution in [3.63, 3.8) is 0 Å². The van der Waals surface area contributed by atoms with E-state index in [2.05, 4.69) is 88.3 Å². The summed E-state index contributed by atoms with van der Waals surface area (Å²) in [6.45, 7) is 14.6. The first kappa shape index (κ1) is 34.1. The first-order valence-corrected chi connectivity index (χ1v) is 20.3. The van der Waals surface area contributed by atoms with E-state index < -0.39 is 8.32 Å². The molecular formula is C34H42N2O4S3Si. The van der Waals surface area contributed by atoms with Crippen molar-refractivity contribution in [3.8, 4) is 11.8 Å². The van der Waals surface area contributed by atoms with Gasteiger partial charge in [-0.2, -0.15) is 0 Å². The van der Waals surface area contributed by atoms with Crippen molar-refractivity contribution in [2.75, 3.05) is 20.2 Å². The van der Waals surface area contributed by atoms with Crippen LogP contribution in [0.2, 0.25) is 18.1 Å². The molecule has 1 aromatic carbocycles. The minimum atomic E-state index is -2.06. The number of thioether (sulfide) groups is 1. The van der Waals surface area contributed by atoms with E-state index in [4.69, 9.17) is 9.16 Å². The number of amides is 1. The molecule has 3 aromatic rings. The van der Waals surface area contributed by atoms with Crippen molar-refractivity contribution < 1.29 is 18.8 Å². The Kier molecular flexibility index (Phi) is 11.6. The maximum Gasteiger partial charge on any atom is 0.348 e. The molecule has 234 valence electrons. The van der Waals surface area contributed by atoms with E-state index in [1.807, 2.05) is 22.7 Å². The van der Waals surface area contributed by atoms with E-state index in [1.54, 1.807) is 22.4 Å². The van der Waals surface area contributed by atoms with Gasteiger partial charge in [0.1, 0.15) is 4.88 Å². The summed E-state index contributed by atoms with van der Waals surface area (Å²) >= 11 is 4.32. The first-order chi connectivity index (χ1) is 20.8. The van der Waals surface area contributed by atoms with E-state index in [1.165, 1.54) is 40.6 Å². The topological polar surface area (TPSA) is 59.1 Å². The highest BCUT2D eigenvalue weighted by Gasteiger charge is 2.39. The number of rotatable bonds is 11. The number of ether oxygens (including phenoxy) is 1. The number of hydrazine groups is 1. The summed E-state index contributed by atoms with van der Waals surface area (Å²) in [5, 5.41) is 7.82. The lowest BCUT2D eigenvalue weighted by Crippen LogP contribution is -2.47. The molecule has 0 bridgehead atoms. The van der Waals surface area contributed by atoms with E-state index in [0.717, 1.165) is 28.8 Å². The van der Waals surface area contributed by atoms with Crippen LogP contribution in [0.5, 0.6) is 0 Å². The number of thiophene rings is 2. The quantitative estimate of drug-likeness (QED) is 0.116. The molecule has 0 fully saturated rings. The van der Waals surface area contributed by atoms with E-state index in [-0.39, 0.29) is 22.4 Å². The Labute approximate surface area is 275 Å². The molecule has 0 N–H and O–H groups in total. The summed E-state index contributed by atoms with van der Waals surface area (Å²) in [6, 6.07) is 14.3.